The molecule has 7 heteroatoms. The molecule has 0 atom stereocenters. The van der Waals surface area contributed by atoms with Gasteiger partial charge in [0, 0.05) is 4.47 Å². The second kappa shape index (κ2) is 5.85. The van der Waals surface area contributed by atoms with Crippen LogP contribution in [0.1, 0.15) is 10.4 Å². The molecule has 0 saturated carbocycles. The largest absolute Gasteiger partial charge is 0.320 e. The van der Waals surface area contributed by atoms with E-state index in [0.717, 1.165) is 30.3 Å². The molecule has 0 fully saturated rings. The Morgan fingerprint density at radius 3 is 2.45 bits per heavy atom. The zero-order valence-electron chi connectivity index (χ0n) is 9.68. The van der Waals surface area contributed by atoms with Gasteiger partial charge in [0.1, 0.15) is 17.5 Å². The fraction of sp³-hybridized carbons (Fsp3) is 0. The Hall–Kier alpha value is -1.53. The molecule has 0 unspecified atom stereocenters. The van der Waals surface area contributed by atoms with Gasteiger partial charge in [0.2, 0.25) is 0 Å². The summed E-state index contributed by atoms with van der Waals surface area (Å²) in [6.45, 7) is 0. The van der Waals surface area contributed by atoms with Gasteiger partial charge in [-0.3, -0.25) is 4.79 Å². The Balaban J connectivity index is 2.35. The Morgan fingerprint density at radius 2 is 1.80 bits per heavy atom. The van der Waals surface area contributed by atoms with Crippen LogP contribution < -0.4 is 5.32 Å². The number of rotatable bonds is 2. The molecular weight excluding hydrogens is 359 g/mol. The third kappa shape index (κ3) is 3.13. The van der Waals surface area contributed by atoms with Crippen LogP contribution in [0, 0.1) is 17.5 Å². The highest BCUT2D eigenvalue weighted by atomic mass is 79.9. The standard InChI is InChI=1S/C13H6BrClF3NO/c14-9-4-7(17)5-10(15)12(9)19-13(20)8-3-6(16)1-2-11(8)18/h1-5H,(H,19,20). The van der Waals surface area contributed by atoms with E-state index in [2.05, 4.69) is 21.2 Å². The van der Waals surface area contributed by atoms with E-state index in [-0.39, 0.29) is 15.2 Å². The molecule has 2 rings (SSSR count). The molecule has 0 radical (unpaired) electrons. The predicted molar refractivity (Wildman–Crippen MR) is 73.4 cm³/mol. The third-order valence-electron chi connectivity index (χ3n) is 2.42. The van der Waals surface area contributed by atoms with Crippen LogP contribution in [-0.4, -0.2) is 5.91 Å². The molecule has 0 bridgehead atoms. The Bertz CT molecular complexity index is 670. The SMILES string of the molecule is O=C(Nc1c(Cl)cc(F)cc1Br)c1cc(F)ccc1F. The van der Waals surface area contributed by atoms with Gasteiger partial charge in [0.25, 0.3) is 5.91 Å². The van der Waals surface area contributed by atoms with Crippen molar-refractivity contribution in [1.82, 2.24) is 0 Å². The minimum absolute atomic E-state index is 0.0676. The first-order chi connectivity index (χ1) is 9.38. The molecule has 0 heterocycles. The number of hydrogen-bond donors (Lipinski definition) is 1. The topological polar surface area (TPSA) is 29.1 Å². The van der Waals surface area contributed by atoms with E-state index in [0.29, 0.717) is 0 Å². The normalized spacial score (nSPS) is 10.4. The first-order valence-electron chi connectivity index (χ1n) is 5.29. The molecule has 2 nitrogen and oxygen atoms in total. The van der Waals surface area contributed by atoms with Crippen LogP contribution in [0.2, 0.25) is 5.02 Å². The molecule has 1 N–H and O–H groups in total. The second-order valence-corrected chi connectivity index (χ2v) is 5.08. The molecule has 2 aromatic rings. The number of carbonyl (C=O) groups excluding carboxylic acids is 1. The van der Waals surface area contributed by atoms with Crippen LogP contribution >= 0.6 is 27.5 Å². The zero-order valence-corrected chi connectivity index (χ0v) is 12.0. The fourth-order valence-electron chi connectivity index (χ4n) is 1.51. The Kier molecular flexibility index (Phi) is 4.35. The molecule has 2 aromatic carbocycles. The average Bonchev–Trinajstić information content (AvgIpc) is 2.36. The molecule has 0 aliphatic carbocycles. The van der Waals surface area contributed by atoms with Crippen molar-refractivity contribution in [1.29, 1.82) is 0 Å². The second-order valence-electron chi connectivity index (χ2n) is 3.82. The lowest BCUT2D eigenvalue weighted by Crippen LogP contribution is -2.15. The van der Waals surface area contributed by atoms with Crippen LogP contribution in [0.3, 0.4) is 0 Å². The third-order valence-corrected chi connectivity index (χ3v) is 3.34. The van der Waals surface area contributed by atoms with E-state index in [1.165, 1.54) is 0 Å². The van der Waals surface area contributed by atoms with Crippen molar-refractivity contribution in [2.45, 2.75) is 0 Å². The quantitative estimate of drug-likeness (QED) is 0.817. The van der Waals surface area contributed by atoms with E-state index >= 15 is 0 Å². The summed E-state index contributed by atoms with van der Waals surface area (Å²) in [5, 5.41) is 2.23. The highest BCUT2D eigenvalue weighted by Crippen LogP contribution is 2.32. The van der Waals surface area contributed by atoms with Gasteiger partial charge in [-0.05, 0) is 46.3 Å². The van der Waals surface area contributed by atoms with Crippen LogP contribution in [-0.2, 0) is 0 Å². The van der Waals surface area contributed by atoms with Gasteiger partial charge >= 0.3 is 0 Å². The summed E-state index contributed by atoms with van der Waals surface area (Å²) in [5.74, 6) is -3.12. The minimum atomic E-state index is -0.892. The number of carbonyl (C=O) groups is 1. The lowest BCUT2D eigenvalue weighted by molar-refractivity contribution is 0.102. The van der Waals surface area contributed by atoms with E-state index in [9.17, 15) is 18.0 Å². The van der Waals surface area contributed by atoms with Gasteiger partial charge in [-0.25, -0.2) is 13.2 Å². The fourth-order valence-corrected chi connectivity index (χ4v) is 2.41. The molecular formula is C13H6BrClF3NO. The Morgan fingerprint density at radius 1 is 1.10 bits per heavy atom. The summed E-state index contributed by atoms with van der Waals surface area (Å²) in [6, 6.07) is 4.57. The number of hydrogen-bond acceptors (Lipinski definition) is 1. The molecule has 1 amide bonds. The van der Waals surface area contributed by atoms with Crippen LogP contribution in [0.25, 0.3) is 0 Å². The zero-order chi connectivity index (χ0) is 14.9. The van der Waals surface area contributed by atoms with Crippen LogP contribution in [0.4, 0.5) is 18.9 Å². The van der Waals surface area contributed by atoms with Gasteiger partial charge in [0.15, 0.2) is 0 Å². The Labute approximate surface area is 125 Å². The lowest BCUT2D eigenvalue weighted by atomic mass is 10.2. The predicted octanol–water partition coefficient (Wildman–Crippen LogP) is 4.77. The molecule has 0 aliphatic rings. The van der Waals surface area contributed by atoms with E-state index in [4.69, 9.17) is 11.6 Å². The molecule has 0 saturated heterocycles. The lowest BCUT2D eigenvalue weighted by Gasteiger charge is -2.10. The maximum Gasteiger partial charge on any atom is 0.258 e. The summed E-state index contributed by atoms with van der Waals surface area (Å²) >= 11 is 8.81. The minimum Gasteiger partial charge on any atom is -0.320 e. The molecule has 104 valence electrons. The number of benzene rings is 2. The maximum atomic E-state index is 13.5. The monoisotopic (exact) mass is 363 g/mol. The molecule has 20 heavy (non-hydrogen) atoms. The highest BCUT2D eigenvalue weighted by Gasteiger charge is 2.16. The van der Waals surface area contributed by atoms with Gasteiger partial charge in [-0.1, -0.05) is 11.6 Å². The average molecular weight is 365 g/mol. The van der Waals surface area contributed by atoms with E-state index in [1.807, 2.05) is 0 Å². The molecule has 0 spiro atoms. The van der Waals surface area contributed by atoms with Crippen molar-refractivity contribution in [3.63, 3.8) is 0 Å². The van der Waals surface area contributed by atoms with Gasteiger partial charge in [0.05, 0.1) is 16.3 Å². The van der Waals surface area contributed by atoms with Crippen LogP contribution in [0.5, 0.6) is 0 Å². The number of nitrogens with one attached hydrogen (secondary N) is 1. The summed E-state index contributed by atoms with van der Waals surface area (Å²) in [5.41, 5.74) is -0.404. The van der Waals surface area contributed by atoms with Gasteiger partial charge in [-0.15, -0.1) is 0 Å². The molecule has 0 aliphatic heterocycles. The number of anilines is 1. The van der Waals surface area contributed by atoms with Crippen molar-refractivity contribution in [3.8, 4) is 0 Å². The maximum absolute atomic E-state index is 13.5. The summed E-state index contributed by atoms with van der Waals surface area (Å²) in [4.78, 5) is 11.9. The van der Waals surface area contributed by atoms with Crippen molar-refractivity contribution < 1.29 is 18.0 Å². The first-order valence-corrected chi connectivity index (χ1v) is 6.46. The first kappa shape index (κ1) is 14.9. The van der Waals surface area contributed by atoms with Gasteiger partial charge < -0.3 is 5.32 Å². The van der Waals surface area contributed by atoms with Crippen molar-refractivity contribution in [2.24, 2.45) is 0 Å². The summed E-state index contributed by atoms with van der Waals surface area (Å²) in [6.07, 6.45) is 0. The number of halogens is 5. The summed E-state index contributed by atoms with van der Waals surface area (Å²) in [7, 11) is 0. The van der Waals surface area contributed by atoms with Gasteiger partial charge in [-0.2, -0.15) is 0 Å². The van der Waals surface area contributed by atoms with E-state index < -0.39 is 28.9 Å². The van der Waals surface area contributed by atoms with Crippen molar-refractivity contribution >= 4 is 39.1 Å². The summed E-state index contributed by atoms with van der Waals surface area (Å²) < 4.78 is 39.7. The highest BCUT2D eigenvalue weighted by molar-refractivity contribution is 9.10. The van der Waals surface area contributed by atoms with Crippen molar-refractivity contribution in [3.05, 3.63) is 62.8 Å². The smallest absolute Gasteiger partial charge is 0.258 e. The van der Waals surface area contributed by atoms with Crippen molar-refractivity contribution in [2.75, 3.05) is 5.32 Å². The number of amides is 1. The van der Waals surface area contributed by atoms with Crippen LogP contribution in [0.15, 0.2) is 34.8 Å². The molecule has 0 aromatic heterocycles. The van der Waals surface area contributed by atoms with E-state index in [1.54, 1.807) is 0 Å².